The van der Waals surface area contributed by atoms with Crippen molar-refractivity contribution in [3.05, 3.63) is 11.9 Å². The standard InChI is InChI=1S/C6H10N4.ClH/c7-6(2-1-3-6)5-4-8-10-9-5;/h4H,1-3,7H2,(H,8,9,10);1H. The summed E-state index contributed by atoms with van der Waals surface area (Å²) in [6, 6.07) is 0. The molecule has 0 unspecified atom stereocenters. The molecular formula is C6H11ClN4. The van der Waals surface area contributed by atoms with Crippen molar-refractivity contribution < 1.29 is 18.1 Å². The van der Waals surface area contributed by atoms with Gasteiger partial charge < -0.3 is 18.1 Å². The van der Waals surface area contributed by atoms with Gasteiger partial charge in [-0.25, -0.2) is 0 Å². The van der Waals surface area contributed by atoms with E-state index in [9.17, 15) is 0 Å². The summed E-state index contributed by atoms with van der Waals surface area (Å²) in [6.07, 6.45) is 5.35. The molecule has 4 nitrogen and oxygen atoms in total. The first-order valence-corrected chi connectivity index (χ1v) is 3.53. The summed E-state index contributed by atoms with van der Waals surface area (Å²) in [4.78, 5) is 0. The Bertz CT molecular complexity index is 216. The first-order valence-electron chi connectivity index (χ1n) is 3.53. The Morgan fingerprint density at radius 3 is 2.64 bits per heavy atom. The van der Waals surface area contributed by atoms with Crippen molar-refractivity contribution in [2.45, 2.75) is 24.8 Å². The van der Waals surface area contributed by atoms with Crippen LogP contribution in [0.15, 0.2) is 6.20 Å². The third-order valence-electron chi connectivity index (χ3n) is 2.27. The maximum Gasteiger partial charge on any atom is 0.142 e. The third-order valence-corrected chi connectivity index (χ3v) is 2.27. The zero-order valence-corrected chi connectivity index (χ0v) is 6.93. The quantitative estimate of drug-likeness (QED) is 0.463. The number of hydrogen-bond acceptors (Lipinski definition) is 2. The minimum absolute atomic E-state index is 0. The van der Waals surface area contributed by atoms with Gasteiger partial charge in [0.25, 0.3) is 0 Å². The fourth-order valence-corrected chi connectivity index (χ4v) is 1.32. The van der Waals surface area contributed by atoms with Crippen LogP contribution in [-0.4, -0.2) is 15.4 Å². The van der Waals surface area contributed by atoms with Gasteiger partial charge in [-0.05, 0) is 6.42 Å². The minimum Gasteiger partial charge on any atom is -1.00 e. The Morgan fingerprint density at radius 1 is 1.55 bits per heavy atom. The molecule has 0 bridgehead atoms. The highest BCUT2D eigenvalue weighted by Gasteiger charge is 2.40. The Labute approximate surface area is 71.0 Å². The highest BCUT2D eigenvalue weighted by Crippen LogP contribution is 2.34. The fourth-order valence-electron chi connectivity index (χ4n) is 1.32. The largest absolute Gasteiger partial charge is 1.00 e. The number of rotatable bonds is 1. The van der Waals surface area contributed by atoms with Crippen molar-refractivity contribution in [1.82, 2.24) is 15.4 Å². The van der Waals surface area contributed by atoms with E-state index in [0.717, 1.165) is 18.5 Å². The van der Waals surface area contributed by atoms with Gasteiger partial charge in [0.05, 0.1) is 6.20 Å². The van der Waals surface area contributed by atoms with Crippen LogP contribution in [0.1, 0.15) is 25.0 Å². The Balaban J connectivity index is 0.000000605. The number of aromatic amines is 1. The van der Waals surface area contributed by atoms with Gasteiger partial charge in [0, 0.05) is 12.8 Å². The van der Waals surface area contributed by atoms with Crippen LogP contribution in [0.2, 0.25) is 0 Å². The maximum absolute atomic E-state index is 4.10. The van der Waals surface area contributed by atoms with Gasteiger partial charge in [-0.2, -0.15) is 15.4 Å². The lowest BCUT2D eigenvalue weighted by molar-refractivity contribution is -0.510. The molecule has 2 rings (SSSR count). The summed E-state index contributed by atoms with van der Waals surface area (Å²) < 4.78 is 0. The first-order chi connectivity index (χ1) is 4.81. The van der Waals surface area contributed by atoms with Gasteiger partial charge in [0.15, 0.2) is 0 Å². The van der Waals surface area contributed by atoms with Crippen LogP contribution in [0.3, 0.4) is 0 Å². The molecule has 0 amide bonds. The van der Waals surface area contributed by atoms with Crippen LogP contribution in [0.5, 0.6) is 0 Å². The maximum atomic E-state index is 4.10. The highest BCUT2D eigenvalue weighted by atomic mass is 35.5. The molecule has 0 saturated heterocycles. The lowest BCUT2D eigenvalue weighted by Crippen LogP contribution is -3.00. The second-order valence-corrected chi connectivity index (χ2v) is 2.99. The van der Waals surface area contributed by atoms with Crippen molar-refractivity contribution in [2.75, 3.05) is 0 Å². The van der Waals surface area contributed by atoms with Crippen LogP contribution in [0.4, 0.5) is 0 Å². The number of aromatic nitrogens is 3. The summed E-state index contributed by atoms with van der Waals surface area (Å²) in [7, 11) is 0. The van der Waals surface area contributed by atoms with E-state index in [1.165, 1.54) is 6.42 Å². The van der Waals surface area contributed by atoms with Crippen LogP contribution in [0.25, 0.3) is 0 Å². The summed E-state index contributed by atoms with van der Waals surface area (Å²) in [5, 5.41) is 10.4. The van der Waals surface area contributed by atoms with E-state index in [1.807, 2.05) is 0 Å². The number of nitrogens with zero attached hydrogens (tertiary/aromatic N) is 2. The van der Waals surface area contributed by atoms with Gasteiger partial charge in [-0.15, -0.1) is 0 Å². The van der Waals surface area contributed by atoms with E-state index in [4.69, 9.17) is 0 Å². The van der Waals surface area contributed by atoms with Crippen LogP contribution >= 0.6 is 0 Å². The Morgan fingerprint density at radius 2 is 2.27 bits per heavy atom. The highest BCUT2D eigenvalue weighted by molar-refractivity contribution is 5.08. The molecule has 0 spiro atoms. The number of quaternary nitrogens is 1. The molecule has 0 atom stereocenters. The topological polar surface area (TPSA) is 69.2 Å². The Hall–Kier alpha value is -0.610. The SMILES string of the molecule is [Cl-].[NH3+]C1(c2cn[nH]n2)CCC1. The van der Waals surface area contributed by atoms with Crippen molar-refractivity contribution in [3.63, 3.8) is 0 Å². The van der Waals surface area contributed by atoms with Gasteiger partial charge >= 0.3 is 0 Å². The lowest BCUT2D eigenvalue weighted by Gasteiger charge is -2.31. The van der Waals surface area contributed by atoms with E-state index in [-0.39, 0.29) is 17.9 Å². The average molecular weight is 175 g/mol. The number of H-pyrrole nitrogens is 1. The normalized spacial score (nSPS) is 20.1. The van der Waals surface area contributed by atoms with Crippen molar-refractivity contribution in [2.24, 2.45) is 0 Å². The first kappa shape index (κ1) is 8.49. The average Bonchev–Trinajstić information content (AvgIpc) is 2.33. The van der Waals surface area contributed by atoms with E-state index >= 15 is 0 Å². The van der Waals surface area contributed by atoms with Crippen LogP contribution < -0.4 is 18.1 Å². The second kappa shape index (κ2) is 2.79. The smallest absolute Gasteiger partial charge is 0.142 e. The van der Waals surface area contributed by atoms with E-state index in [1.54, 1.807) is 6.20 Å². The molecule has 11 heavy (non-hydrogen) atoms. The van der Waals surface area contributed by atoms with E-state index < -0.39 is 0 Å². The summed E-state index contributed by atoms with van der Waals surface area (Å²) in [6.45, 7) is 0. The molecule has 1 aromatic rings. The van der Waals surface area contributed by atoms with Crippen LogP contribution in [0, 0.1) is 0 Å². The molecular weight excluding hydrogens is 164 g/mol. The number of hydrogen-bond donors (Lipinski definition) is 2. The number of halogens is 1. The van der Waals surface area contributed by atoms with Gasteiger partial charge in [0.2, 0.25) is 0 Å². The second-order valence-electron chi connectivity index (χ2n) is 2.99. The number of nitrogens with one attached hydrogen (secondary N) is 1. The Kier molecular flexibility index (Phi) is 2.15. The molecule has 1 heterocycles. The minimum atomic E-state index is 0. The van der Waals surface area contributed by atoms with Gasteiger partial charge in [0.1, 0.15) is 11.2 Å². The molecule has 0 radical (unpaired) electrons. The summed E-state index contributed by atoms with van der Waals surface area (Å²) in [5.74, 6) is 0. The van der Waals surface area contributed by atoms with Crippen LogP contribution in [-0.2, 0) is 5.54 Å². The predicted octanol–water partition coefficient (Wildman–Crippen LogP) is -3.57. The van der Waals surface area contributed by atoms with Gasteiger partial charge in [-0.3, -0.25) is 0 Å². The predicted molar refractivity (Wildman–Crippen MR) is 34.8 cm³/mol. The molecule has 5 heteroatoms. The third kappa shape index (κ3) is 1.23. The van der Waals surface area contributed by atoms with E-state index in [0.29, 0.717) is 0 Å². The lowest BCUT2D eigenvalue weighted by atomic mass is 9.76. The van der Waals surface area contributed by atoms with Gasteiger partial charge in [-0.1, -0.05) is 0 Å². The zero-order valence-electron chi connectivity index (χ0n) is 6.18. The zero-order chi connectivity index (χ0) is 7.03. The molecule has 62 valence electrons. The summed E-state index contributed by atoms with van der Waals surface area (Å²) in [5.41, 5.74) is 5.20. The van der Waals surface area contributed by atoms with E-state index in [2.05, 4.69) is 21.1 Å². The molecule has 1 aromatic heterocycles. The molecule has 0 aliphatic heterocycles. The molecule has 1 aliphatic rings. The van der Waals surface area contributed by atoms with Crippen molar-refractivity contribution in [3.8, 4) is 0 Å². The molecule has 1 aliphatic carbocycles. The van der Waals surface area contributed by atoms with Crippen molar-refractivity contribution in [1.29, 1.82) is 0 Å². The summed E-state index contributed by atoms with van der Waals surface area (Å²) >= 11 is 0. The van der Waals surface area contributed by atoms with Crippen molar-refractivity contribution >= 4 is 0 Å². The fraction of sp³-hybridized carbons (Fsp3) is 0.667. The molecule has 1 fully saturated rings. The monoisotopic (exact) mass is 174 g/mol. The molecule has 4 N–H and O–H groups in total. The molecule has 0 aromatic carbocycles. The molecule has 1 saturated carbocycles.